The molecule has 0 aliphatic heterocycles. The molecule has 0 aliphatic carbocycles. The van der Waals surface area contributed by atoms with Crippen molar-refractivity contribution in [2.45, 2.75) is 6.43 Å². The Labute approximate surface area is 94.9 Å². The number of amides is 1. The molecular weight excluding hydrogens is 230 g/mol. The van der Waals surface area contributed by atoms with Gasteiger partial charge in [-0.2, -0.15) is 5.10 Å². The van der Waals surface area contributed by atoms with Crippen molar-refractivity contribution in [2.24, 2.45) is 5.73 Å². The van der Waals surface area contributed by atoms with Crippen LogP contribution < -0.4 is 5.73 Å². The molecule has 0 aliphatic rings. The number of alkyl halides is 2. The Balaban J connectivity index is 2.60. The summed E-state index contributed by atoms with van der Waals surface area (Å²) in [6.45, 7) is 0. The Morgan fingerprint density at radius 3 is 2.53 bits per heavy atom. The molecule has 0 aromatic carbocycles. The first-order valence-electron chi connectivity index (χ1n) is 4.67. The predicted molar refractivity (Wildman–Crippen MR) is 54.8 cm³/mol. The lowest BCUT2D eigenvalue weighted by atomic mass is 10.2. The number of halogens is 2. The molecule has 1 amide bonds. The predicted octanol–water partition coefficient (Wildman–Crippen LogP) is 1.30. The molecule has 5 nitrogen and oxygen atoms in total. The Morgan fingerprint density at radius 1 is 1.35 bits per heavy atom. The molecule has 2 aromatic rings. The zero-order valence-corrected chi connectivity index (χ0v) is 8.55. The smallest absolute Gasteiger partial charge is 0.281 e. The summed E-state index contributed by atoms with van der Waals surface area (Å²) in [6, 6.07) is 3.01. The van der Waals surface area contributed by atoms with Gasteiger partial charge in [-0.3, -0.25) is 9.78 Å². The number of nitrogens with zero attached hydrogens (tertiary/aromatic N) is 3. The van der Waals surface area contributed by atoms with E-state index in [9.17, 15) is 13.6 Å². The molecule has 17 heavy (non-hydrogen) atoms. The van der Waals surface area contributed by atoms with Gasteiger partial charge in [0.1, 0.15) is 5.69 Å². The second-order valence-corrected chi connectivity index (χ2v) is 3.23. The van der Waals surface area contributed by atoms with Crippen LogP contribution >= 0.6 is 0 Å². The molecule has 2 N–H and O–H groups in total. The van der Waals surface area contributed by atoms with Gasteiger partial charge in [0, 0.05) is 12.4 Å². The average molecular weight is 238 g/mol. The lowest BCUT2D eigenvalue weighted by Gasteiger charge is -2.07. The van der Waals surface area contributed by atoms with Gasteiger partial charge >= 0.3 is 0 Å². The first-order chi connectivity index (χ1) is 8.11. The van der Waals surface area contributed by atoms with Gasteiger partial charge in [0.2, 0.25) is 0 Å². The number of primary amides is 1. The number of carbonyl (C=O) groups is 1. The molecule has 2 aromatic heterocycles. The Kier molecular flexibility index (Phi) is 2.82. The van der Waals surface area contributed by atoms with Crippen molar-refractivity contribution in [1.29, 1.82) is 0 Å². The van der Waals surface area contributed by atoms with Crippen molar-refractivity contribution in [3.63, 3.8) is 0 Å². The summed E-state index contributed by atoms with van der Waals surface area (Å²) in [4.78, 5) is 14.8. The number of hydrogen-bond acceptors (Lipinski definition) is 3. The number of pyridine rings is 1. The highest BCUT2D eigenvalue weighted by molar-refractivity contribution is 5.93. The van der Waals surface area contributed by atoms with Crippen molar-refractivity contribution < 1.29 is 13.6 Å². The third-order valence-electron chi connectivity index (χ3n) is 2.19. The summed E-state index contributed by atoms with van der Waals surface area (Å²) in [5.41, 5.74) is 4.61. The van der Waals surface area contributed by atoms with Gasteiger partial charge in [-0.1, -0.05) is 0 Å². The van der Waals surface area contributed by atoms with Gasteiger partial charge in [0.15, 0.2) is 0 Å². The van der Waals surface area contributed by atoms with Gasteiger partial charge in [0.25, 0.3) is 12.3 Å². The van der Waals surface area contributed by atoms with Gasteiger partial charge in [-0.25, -0.2) is 13.5 Å². The molecule has 0 fully saturated rings. The van der Waals surface area contributed by atoms with Gasteiger partial charge in [-0.05, 0) is 12.1 Å². The third-order valence-corrected chi connectivity index (χ3v) is 2.19. The largest absolute Gasteiger partial charge is 0.365 e. The third kappa shape index (κ3) is 1.99. The van der Waals surface area contributed by atoms with E-state index in [0.717, 1.165) is 10.9 Å². The fraction of sp³-hybridized carbons (Fsp3) is 0.100. The second kappa shape index (κ2) is 4.28. The van der Waals surface area contributed by atoms with Crippen molar-refractivity contribution >= 4 is 5.91 Å². The van der Waals surface area contributed by atoms with Crippen molar-refractivity contribution in [3.05, 3.63) is 42.0 Å². The van der Waals surface area contributed by atoms with Crippen LogP contribution in [0.5, 0.6) is 0 Å². The van der Waals surface area contributed by atoms with Crippen LogP contribution in [0.3, 0.4) is 0 Å². The molecule has 0 atom stereocenters. The molecule has 0 saturated heterocycles. The molecular formula is C10H8F2N4O. The van der Waals surface area contributed by atoms with E-state index in [-0.39, 0.29) is 5.56 Å². The Hall–Kier alpha value is -2.31. The summed E-state index contributed by atoms with van der Waals surface area (Å²) in [5, 5.41) is 3.74. The van der Waals surface area contributed by atoms with Crippen LogP contribution in [0, 0.1) is 0 Å². The van der Waals surface area contributed by atoms with Gasteiger partial charge < -0.3 is 5.73 Å². The van der Waals surface area contributed by atoms with Crippen molar-refractivity contribution in [3.8, 4) is 5.69 Å². The van der Waals surface area contributed by atoms with E-state index < -0.39 is 18.0 Å². The fourth-order valence-corrected chi connectivity index (χ4v) is 1.45. The number of rotatable bonds is 3. The maximum atomic E-state index is 12.9. The highest BCUT2D eigenvalue weighted by Gasteiger charge is 2.23. The minimum absolute atomic E-state index is 0.281. The zero-order chi connectivity index (χ0) is 12.4. The van der Waals surface area contributed by atoms with E-state index in [1.165, 1.54) is 24.5 Å². The summed E-state index contributed by atoms with van der Waals surface area (Å²) in [6.07, 6.45) is 1.07. The van der Waals surface area contributed by atoms with Gasteiger partial charge in [0.05, 0.1) is 17.4 Å². The maximum absolute atomic E-state index is 12.9. The average Bonchev–Trinajstić information content (AvgIpc) is 2.74. The number of nitrogens with two attached hydrogens (primary N) is 1. The summed E-state index contributed by atoms with van der Waals surface area (Å²) in [5.74, 6) is -0.930. The van der Waals surface area contributed by atoms with Crippen LogP contribution in [0.1, 0.15) is 22.5 Å². The normalized spacial score (nSPS) is 10.8. The van der Waals surface area contributed by atoms with Gasteiger partial charge in [-0.15, -0.1) is 0 Å². The highest BCUT2D eigenvalue weighted by Crippen LogP contribution is 2.25. The standard InChI is InChI=1S/C10H8F2N4O/c11-9(12)8-7(10(13)17)5-15-16(8)6-1-3-14-4-2-6/h1-5,9H,(H2,13,17). The second-order valence-electron chi connectivity index (χ2n) is 3.23. The van der Waals surface area contributed by atoms with Crippen LogP contribution in [0.25, 0.3) is 5.69 Å². The maximum Gasteiger partial charge on any atom is 0.281 e. The summed E-state index contributed by atoms with van der Waals surface area (Å²) >= 11 is 0. The Bertz CT molecular complexity index is 538. The van der Waals surface area contributed by atoms with Crippen LogP contribution in [0.2, 0.25) is 0 Å². The molecule has 0 bridgehead atoms. The fourth-order valence-electron chi connectivity index (χ4n) is 1.45. The first-order valence-corrected chi connectivity index (χ1v) is 4.67. The number of carbonyl (C=O) groups excluding carboxylic acids is 1. The van der Waals surface area contributed by atoms with E-state index >= 15 is 0 Å². The molecule has 0 unspecified atom stereocenters. The molecule has 2 rings (SSSR count). The van der Waals surface area contributed by atoms with Crippen molar-refractivity contribution in [1.82, 2.24) is 14.8 Å². The van der Waals surface area contributed by atoms with Crippen molar-refractivity contribution in [2.75, 3.05) is 0 Å². The Morgan fingerprint density at radius 2 is 2.00 bits per heavy atom. The zero-order valence-electron chi connectivity index (χ0n) is 8.55. The molecule has 0 spiro atoms. The number of hydrogen-bond donors (Lipinski definition) is 1. The van der Waals surface area contributed by atoms with E-state index in [2.05, 4.69) is 10.1 Å². The lowest BCUT2D eigenvalue weighted by Crippen LogP contribution is -2.14. The lowest BCUT2D eigenvalue weighted by molar-refractivity contribution is 0.0983. The van der Waals surface area contributed by atoms with E-state index in [1.807, 2.05) is 0 Å². The molecule has 0 saturated carbocycles. The van der Waals surface area contributed by atoms with E-state index in [4.69, 9.17) is 5.73 Å². The quantitative estimate of drug-likeness (QED) is 0.875. The van der Waals surface area contributed by atoms with Crippen LogP contribution in [0.15, 0.2) is 30.7 Å². The minimum Gasteiger partial charge on any atom is -0.365 e. The monoisotopic (exact) mass is 238 g/mol. The molecule has 0 radical (unpaired) electrons. The van der Waals surface area contributed by atoms with Crippen LogP contribution in [-0.2, 0) is 0 Å². The molecule has 88 valence electrons. The summed E-state index contributed by atoms with van der Waals surface area (Å²) < 4.78 is 26.7. The van der Waals surface area contributed by atoms with E-state index in [1.54, 1.807) is 0 Å². The van der Waals surface area contributed by atoms with Crippen LogP contribution in [0.4, 0.5) is 8.78 Å². The SMILES string of the molecule is NC(=O)c1cnn(-c2ccncc2)c1C(F)F. The minimum atomic E-state index is -2.84. The summed E-state index contributed by atoms with van der Waals surface area (Å²) in [7, 11) is 0. The highest BCUT2D eigenvalue weighted by atomic mass is 19.3. The molecule has 7 heteroatoms. The van der Waals surface area contributed by atoms with Crippen LogP contribution in [-0.4, -0.2) is 20.7 Å². The van der Waals surface area contributed by atoms with E-state index in [0.29, 0.717) is 5.69 Å². The first kappa shape index (κ1) is 11.2. The topological polar surface area (TPSA) is 73.8 Å². The molecule has 2 heterocycles. The number of aromatic nitrogens is 3.